The van der Waals surface area contributed by atoms with Gasteiger partial charge in [-0.1, -0.05) is 13.0 Å². The molecule has 0 radical (unpaired) electrons. The first-order valence-electron chi connectivity index (χ1n) is 7.15. The van der Waals surface area contributed by atoms with Gasteiger partial charge in [-0.3, -0.25) is 4.90 Å². The topological polar surface area (TPSA) is 49.8 Å². The molecule has 1 N–H and O–H groups in total. The van der Waals surface area contributed by atoms with Crippen molar-refractivity contribution in [3.8, 4) is 5.75 Å². The van der Waals surface area contributed by atoms with E-state index in [2.05, 4.69) is 18.7 Å². The number of nitrogens with zero attached hydrogens (tertiary/aromatic N) is 1. The van der Waals surface area contributed by atoms with Crippen LogP contribution in [0.5, 0.6) is 5.75 Å². The van der Waals surface area contributed by atoms with E-state index in [1.54, 1.807) is 6.07 Å². The number of ether oxygens (including phenoxy) is 1. The van der Waals surface area contributed by atoms with Crippen LogP contribution in [-0.2, 0) is 6.54 Å². The molecular formula is C16H23NO3. The monoisotopic (exact) mass is 277 g/mol. The minimum Gasteiger partial charge on any atom is -0.496 e. The lowest BCUT2D eigenvalue weighted by molar-refractivity contribution is 0.0693. The molecular weight excluding hydrogens is 254 g/mol. The molecule has 0 spiro atoms. The molecule has 2 rings (SSSR count). The van der Waals surface area contributed by atoms with Crippen LogP contribution in [0.15, 0.2) is 18.2 Å². The van der Waals surface area contributed by atoms with Crippen molar-refractivity contribution >= 4 is 5.97 Å². The van der Waals surface area contributed by atoms with E-state index in [-0.39, 0.29) is 5.56 Å². The van der Waals surface area contributed by atoms with E-state index < -0.39 is 5.97 Å². The molecule has 1 aromatic rings. The molecule has 1 aliphatic heterocycles. The van der Waals surface area contributed by atoms with Crippen LogP contribution < -0.4 is 4.74 Å². The summed E-state index contributed by atoms with van der Waals surface area (Å²) >= 11 is 0. The maximum Gasteiger partial charge on any atom is 0.339 e. The fourth-order valence-corrected chi connectivity index (χ4v) is 2.85. The Balaban J connectivity index is 2.15. The molecule has 1 heterocycles. The summed E-state index contributed by atoms with van der Waals surface area (Å²) in [5.41, 5.74) is 1.32. The van der Waals surface area contributed by atoms with Gasteiger partial charge in [0.05, 0.1) is 7.11 Å². The smallest absolute Gasteiger partial charge is 0.339 e. The van der Waals surface area contributed by atoms with E-state index in [1.807, 2.05) is 12.1 Å². The highest BCUT2D eigenvalue weighted by Gasteiger charge is 2.23. The van der Waals surface area contributed by atoms with Crippen LogP contribution in [0, 0.1) is 5.92 Å². The van der Waals surface area contributed by atoms with E-state index in [4.69, 9.17) is 9.84 Å². The molecule has 20 heavy (non-hydrogen) atoms. The number of hydrogen-bond donors (Lipinski definition) is 1. The number of carbonyl (C=O) groups is 1. The summed E-state index contributed by atoms with van der Waals surface area (Å²) in [7, 11) is 1.51. The van der Waals surface area contributed by atoms with Gasteiger partial charge in [0, 0.05) is 19.1 Å². The van der Waals surface area contributed by atoms with Gasteiger partial charge in [0.1, 0.15) is 11.3 Å². The van der Waals surface area contributed by atoms with Crippen molar-refractivity contribution in [3.05, 3.63) is 29.3 Å². The maximum absolute atomic E-state index is 11.1. The lowest BCUT2D eigenvalue weighted by Gasteiger charge is -2.36. The largest absolute Gasteiger partial charge is 0.496 e. The Morgan fingerprint density at radius 3 is 2.80 bits per heavy atom. The molecule has 1 fully saturated rings. The maximum atomic E-state index is 11.1. The molecule has 2 atom stereocenters. The van der Waals surface area contributed by atoms with E-state index in [1.165, 1.54) is 20.0 Å². The predicted octanol–water partition coefficient (Wildman–Crippen LogP) is 3.01. The summed E-state index contributed by atoms with van der Waals surface area (Å²) in [4.78, 5) is 13.5. The standard InChI is InChI=1S/C16H23NO3/c1-11-4-5-12(2)17(9-11)10-13-6-7-14(16(18)19)15(8-13)20-3/h6-8,11-12H,4-5,9-10H2,1-3H3,(H,18,19). The van der Waals surface area contributed by atoms with Crippen molar-refractivity contribution in [2.75, 3.05) is 13.7 Å². The Morgan fingerprint density at radius 1 is 1.40 bits per heavy atom. The molecule has 0 bridgehead atoms. The van der Waals surface area contributed by atoms with E-state index in [0.717, 1.165) is 24.6 Å². The summed E-state index contributed by atoms with van der Waals surface area (Å²) in [6.45, 7) is 6.49. The van der Waals surface area contributed by atoms with Crippen LogP contribution in [0.1, 0.15) is 42.6 Å². The number of likely N-dealkylation sites (tertiary alicyclic amines) is 1. The third-order valence-corrected chi connectivity index (χ3v) is 4.13. The summed E-state index contributed by atoms with van der Waals surface area (Å²) in [6.07, 6.45) is 2.52. The third-order valence-electron chi connectivity index (χ3n) is 4.13. The Morgan fingerprint density at radius 2 is 2.15 bits per heavy atom. The first-order valence-corrected chi connectivity index (χ1v) is 7.15. The third kappa shape index (κ3) is 3.31. The quantitative estimate of drug-likeness (QED) is 0.919. The van der Waals surface area contributed by atoms with Gasteiger partial charge in [-0.05, 0) is 43.4 Å². The number of carboxylic acid groups (broad SMARTS) is 1. The van der Waals surface area contributed by atoms with Gasteiger partial charge < -0.3 is 9.84 Å². The summed E-state index contributed by atoms with van der Waals surface area (Å²) in [5.74, 6) is 0.215. The van der Waals surface area contributed by atoms with Crippen molar-refractivity contribution in [2.24, 2.45) is 5.92 Å². The second kappa shape index (κ2) is 6.27. The first-order chi connectivity index (χ1) is 9.51. The van der Waals surface area contributed by atoms with Crippen molar-refractivity contribution in [3.63, 3.8) is 0 Å². The zero-order valence-corrected chi connectivity index (χ0v) is 12.4. The lowest BCUT2D eigenvalue weighted by Crippen LogP contribution is -2.40. The zero-order chi connectivity index (χ0) is 14.7. The van der Waals surface area contributed by atoms with Crippen molar-refractivity contribution < 1.29 is 14.6 Å². The molecule has 110 valence electrons. The summed E-state index contributed by atoms with van der Waals surface area (Å²) in [5, 5.41) is 9.10. The number of benzene rings is 1. The normalized spacial score (nSPS) is 23.6. The molecule has 1 aromatic carbocycles. The van der Waals surface area contributed by atoms with Gasteiger partial charge in [0.15, 0.2) is 0 Å². The second-order valence-corrected chi connectivity index (χ2v) is 5.80. The first kappa shape index (κ1) is 14.9. The Bertz CT molecular complexity index is 487. The number of methoxy groups -OCH3 is 1. The minimum absolute atomic E-state index is 0.219. The number of carboxylic acids is 1. The van der Waals surface area contributed by atoms with Gasteiger partial charge in [-0.25, -0.2) is 4.79 Å². The predicted molar refractivity (Wildman–Crippen MR) is 78.2 cm³/mol. The molecule has 4 nitrogen and oxygen atoms in total. The van der Waals surface area contributed by atoms with Crippen molar-refractivity contribution in [2.45, 2.75) is 39.3 Å². The molecule has 0 aromatic heterocycles. The minimum atomic E-state index is -0.951. The second-order valence-electron chi connectivity index (χ2n) is 5.80. The number of aromatic carboxylic acids is 1. The molecule has 0 amide bonds. The van der Waals surface area contributed by atoms with E-state index >= 15 is 0 Å². The van der Waals surface area contributed by atoms with Crippen LogP contribution in [0.25, 0.3) is 0 Å². The number of rotatable bonds is 4. The van der Waals surface area contributed by atoms with Gasteiger partial charge >= 0.3 is 5.97 Å². The fraction of sp³-hybridized carbons (Fsp3) is 0.562. The van der Waals surface area contributed by atoms with E-state index in [9.17, 15) is 4.79 Å². The fourth-order valence-electron chi connectivity index (χ4n) is 2.85. The van der Waals surface area contributed by atoms with E-state index in [0.29, 0.717) is 11.8 Å². The number of piperidine rings is 1. The molecule has 1 aliphatic rings. The molecule has 0 saturated carbocycles. The van der Waals surface area contributed by atoms with Crippen LogP contribution in [0.4, 0.5) is 0 Å². The lowest BCUT2D eigenvalue weighted by atomic mass is 9.94. The summed E-state index contributed by atoms with van der Waals surface area (Å²) < 4.78 is 5.19. The highest BCUT2D eigenvalue weighted by Crippen LogP contribution is 2.26. The SMILES string of the molecule is COc1cc(CN2CC(C)CCC2C)ccc1C(=O)O. The average Bonchev–Trinajstić information content (AvgIpc) is 2.42. The highest BCUT2D eigenvalue weighted by molar-refractivity contribution is 5.90. The molecule has 0 aliphatic carbocycles. The van der Waals surface area contributed by atoms with Crippen molar-refractivity contribution in [1.29, 1.82) is 0 Å². The Kier molecular flexibility index (Phi) is 4.65. The van der Waals surface area contributed by atoms with Crippen LogP contribution in [0.3, 0.4) is 0 Å². The van der Waals surface area contributed by atoms with Crippen LogP contribution >= 0.6 is 0 Å². The van der Waals surface area contributed by atoms with Crippen LogP contribution in [0.2, 0.25) is 0 Å². The van der Waals surface area contributed by atoms with Crippen LogP contribution in [-0.4, -0.2) is 35.7 Å². The van der Waals surface area contributed by atoms with Gasteiger partial charge in [-0.2, -0.15) is 0 Å². The van der Waals surface area contributed by atoms with Gasteiger partial charge in [0.25, 0.3) is 0 Å². The summed E-state index contributed by atoms with van der Waals surface area (Å²) in [6, 6.07) is 5.94. The average molecular weight is 277 g/mol. The molecule has 1 saturated heterocycles. The van der Waals surface area contributed by atoms with Crippen molar-refractivity contribution in [1.82, 2.24) is 4.90 Å². The zero-order valence-electron chi connectivity index (χ0n) is 12.4. The Labute approximate surface area is 120 Å². The van der Waals surface area contributed by atoms with Gasteiger partial charge in [-0.15, -0.1) is 0 Å². The van der Waals surface area contributed by atoms with Gasteiger partial charge in [0.2, 0.25) is 0 Å². The molecule has 4 heteroatoms. The Hall–Kier alpha value is -1.55. The highest BCUT2D eigenvalue weighted by atomic mass is 16.5. The number of hydrogen-bond acceptors (Lipinski definition) is 3. The molecule has 2 unspecified atom stereocenters.